The molecule has 2 fully saturated rings. The second-order valence-corrected chi connectivity index (χ2v) is 7.29. The summed E-state index contributed by atoms with van der Waals surface area (Å²) in [7, 11) is 0. The Labute approximate surface area is 159 Å². The molecule has 2 aromatic heterocycles. The molecule has 1 aromatic carbocycles. The van der Waals surface area contributed by atoms with Gasteiger partial charge < -0.3 is 10.2 Å². The van der Waals surface area contributed by atoms with Crippen LogP contribution in [0.4, 0.5) is 5.95 Å². The Bertz CT molecular complexity index is 924. The summed E-state index contributed by atoms with van der Waals surface area (Å²) in [5.41, 5.74) is 2.98. The fourth-order valence-corrected chi connectivity index (χ4v) is 3.93. The first-order chi connectivity index (χ1) is 13.3. The van der Waals surface area contributed by atoms with Gasteiger partial charge in [0.2, 0.25) is 5.95 Å². The minimum Gasteiger partial charge on any atom is -0.338 e. The van der Waals surface area contributed by atoms with E-state index in [1.165, 1.54) is 0 Å². The number of benzene rings is 1. The number of nitrogens with one attached hydrogen (secondary N) is 1. The number of para-hydroxylation sites is 1. The third-order valence-corrected chi connectivity index (χ3v) is 5.70. The Morgan fingerprint density at radius 1 is 1.07 bits per heavy atom. The normalized spacial score (nSPS) is 18.8. The Hall–Kier alpha value is -2.51. The zero-order chi connectivity index (χ0) is 18.2. The van der Waals surface area contributed by atoms with Crippen LogP contribution >= 0.6 is 0 Å². The van der Waals surface area contributed by atoms with Gasteiger partial charge in [0.25, 0.3) is 0 Å². The lowest BCUT2D eigenvalue weighted by atomic mass is 10.1. The van der Waals surface area contributed by atoms with Crippen molar-refractivity contribution in [3.8, 4) is 5.69 Å². The molecule has 140 valence electrons. The van der Waals surface area contributed by atoms with Gasteiger partial charge in [-0.25, -0.2) is 9.67 Å². The van der Waals surface area contributed by atoms with Crippen molar-refractivity contribution in [1.82, 2.24) is 30.0 Å². The average Bonchev–Trinajstić information content (AvgIpc) is 3.06. The van der Waals surface area contributed by atoms with Crippen LogP contribution in [-0.2, 0) is 6.42 Å². The van der Waals surface area contributed by atoms with Gasteiger partial charge in [0, 0.05) is 51.5 Å². The van der Waals surface area contributed by atoms with Crippen molar-refractivity contribution in [3.63, 3.8) is 0 Å². The van der Waals surface area contributed by atoms with E-state index in [1.54, 1.807) is 0 Å². The van der Waals surface area contributed by atoms with E-state index in [0.717, 1.165) is 74.1 Å². The number of piperazine rings is 1. The van der Waals surface area contributed by atoms with Crippen LogP contribution in [0.1, 0.15) is 12.6 Å². The molecule has 2 saturated heterocycles. The van der Waals surface area contributed by atoms with Crippen molar-refractivity contribution in [1.29, 1.82) is 0 Å². The fourth-order valence-electron chi connectivity index (χ4n) is 3.93. The van der Waals surface area contributed by atoms with Crippen LogP contribution in [0.5, 0.6) is 0 Å². The van der Waals surface area contributed by atoms with Gasteiger partial charge in [0.05, 0.1) is 16.8 Å². The maximum absolute atomic E-state index is 4.93. The van der Waals surface area contributed by atoms with E-state index in [0.29, 0.717) is 6.04 Å². The van der Waals surface area contributed by atoms with Gasteiger partial charge in [-0.15, -0.1) is 0 Å². The van der Waals surface area contributed by atoms with Gasteiger partial charge in [-0.05, 0) is 18.6 Å². The Morgan fingerprint density at radius 2 is 1.85 bits per heavy atom. The lowest BCUT2D eigenvalue weighted by Gasteiger charge is -2.43. The van der Waals surface area contributed by atoms with E-state index in [1.807, 2.05) is 29.1 Å². The molecule has 0 aliphatic carbocycles. The SMILES string of the molecule is CCc1nn(-c2ccccc2)c2nc(N3CCN(C4CNC4)CC3)ncc12. The molecule has 0 unspecified atom stereocenters. The second kappa shape index (κ2) is 6.90. The van der Waals surface area contributed by atoms with Crippen LogP contribution in [0.3, 0.4) is 0 Å². The van der Waals surface area contributed by atoms with Gasteiger partial charge >= 0.3 is 0 Å². The number of hydrogen-bond donors (Lipinski definition) is 1. The van der Waals surface area contributed by atoms with Gasteiger partial charge in [0.15, 0.2) is 5.65 Å². The Balaban J connectivity index is 1.46. The quantitative estimate of drug-likeness (QED) is 0.757. The lowest BCUT2D eigenvalue weighted by Crippen LogP contribution is -2.61. The van der Waals surface area contributed by atoms with E-state index >= 15 is 0 Å². The maximum Gasteiger partial charge on any atom is 0.227 e. The van der Waals surface area contributed by atoms with Gasteiger partial charge in [-0.1, -0.05) is 25.1 Å². The Morgan fingerprint density at radius 3 is 2.52 bits per heavy atom. The summed E-state index contributed by atoms with van der Waals surface area (Å²) < 4.78 is 1.95. The predicted octanol–water partition coefficient (Wildman–Crippen LogP) is 1.47. The van der Waals surface area contributed by atoms with Crippen molar-refractivity contribution >= 4 is 17.0 Å². The molecule has 0 atom stereocenters. The van der Waals surface area contributed by atoms with Gasteiger partial charge in [-0.2, -0.15) is 10.1 Å². The summed E-state index contributed by atoms with van der Waals surface area (Å²) in [6, 6.07) is 10.9. The first-order valence-corrected chi connectivity index (χ1v) is 9.83. The molecule has 0 amide bonds. The smallest absolute Gasteiger partial charge is 0.227 e. The number of rotatable bonds is 4. The molecule has 0 bridgehead atoms. The molecular weight excluding hydrogens is 338 g/mol. The number of hydrogen-bond acceptors (Lipinski definition) is 6. The highest BCUT2D eigenvalue weighted by Crippen LogP contribution is 2.23. The van der Waals surface area contributed by atoms with Crippen molar-refractivity contribution < 1.29 is 0 Å². The van der Waals surface area contributed by atoms with Gasteiger partial charge in [0.1, 0.15) is 0 Å². The molecule has 2 aliphatic heterocycles. The highest BCUT2D eigenvalue weighted by molar-refractivity contribution is 5.80. The molecule has 0 radical (unpaired) electrons. The number of aryl methyl sites for hydroxylation is 1. The fraction of sp³-hybridized carbons (Fsp3) is 0.450. The zero-order valence-corrected chi connectivity index (χ0v) is 15.7. The first kappa shape index (κ1) is 16.6. The number of aromatic nitrogens is 4. The summed E-state index contributed by atoms with van der Waals surface area (Å²) in [4.78, 5) is 14.5. The standard InChI is InChI=1S/C20H25N7/c1-2-18-17-14-22-20(26-10-8-25(9-11-26)16-12-21-13-16)23-19(17)27(24-18)15-6-4-3-5-7-15/h3-7,14,16,21H,2,8-13H2,1H3. The molecule has 3 aromatic rings. The summed E-state index contributed by atoms with van der Waals surface area (Å²) in [5.74, 6) is 0.814. The van der Waals surface area contributed by atoms with Crippen molar-refractivity contribution in [3.05, 3.63) is 42.2 Å². The molecule has 7 nitrogen and oxygen atoms in total. The molecule has 0 spiro atoms. The van der Waals surface area contributed by atoms with Crippen LogP contribution < -0.4 is 10.2 Å². The molecule has 5 rings (SSSR count). The van der Waals surface area contributed by atoms with E-state index in [2.05, 4.69) is 39.2 Å². The maximum atomic E-state index is 4.93. The number of fused-ring (bicyclic) bond motifs is 1. The van der Waals surface area contributed by atoms with Crippen molar-refractivity contribution in [2.45, 2.75) is 19.4 Å². The first-order valence-electron chi connectivity index (χ1n) is 9.83. The third-order valence-electron chi connectivity index (χ3n) is 5.70. The summed E-state index contributed by atoms with van der Waals surface area (Å²) >= 11 is 0. The molecule has 27 heavy (non-hydrogen) atoms. The van der Waals surface area contributed by atoms with E-state index in [4.69, 9.17) is 10.1 Å². The van der Waals surface area contributed by atoms with Crippen molar-refractivity contribution in [2.24, 2.45) is 0 Å². The summed E-state index contributed by atoms with van der Waals surface area (Å²) in [5, 5.41) is 9.21. The Kier molecular flexibility index (Phi) is 4.26. The topological polar surface area (TPSA) is 62.1 Å². The molecule has 7 heteroatoms. The van der Waals surface area contributed by atoms with Crippen LogP contribution in [0, 0.1) is 0 Å². The van der Waals surface area contributed by atoms with Crippen LogP contribution in [0.25, 0.3) is 16.7 Å². The molecular formula is C20H25N7. The number of anilines is 1. The predicted molar refractivity (Wildman–Crippen MR) is 106 cm³/mol. The minimum atomic E-state index is 0.710. The lowest BCUT2D eigenvalue weighted by molar-refractivity contribution is 0.137. The average molecular weight is 363 g/mol. The second-order valence-electron chi connectivity index (χ2n) is 7.29. The van der Waals surface area contributed by atoms with E-state index < -0.39 is 0 Å². The largest absolute Gasteiger partial charge is 0.338 e. The van der Waals surface area contributed by atoms with Gasteiger partial charge in [-0.3, -0.25) is 4.90 Å². The van der Waals surface area contributed by atoms with Crippen molar-refractivity contribution in [2.75, 3.05) is 44.2 Å². The monoisotopic (exact) mass is 363 g/mol. The highest BCUT2D eigenvalue weighted by atomic mass is 15.4. The molecule has 0 saturated carbocycles. The van der Waals surface area contributed by atoms with E-state index in [-0.39, 0.29) is 0 Å². The molecule has 1 N–H and O–H groups in total. The van der Waals surface area contributed by atoms with E-state index in [9.17, 15) is 0 Å². The number of nitrogens with zero attached hydrogens (tertiary/aromatic N) is 6. The highest BCUT2D eigenvalue weighted by Gasteiger charge is 2.28. The molecule has 4 heterocycles. The van der Waals surface area contributed by atoms with Crippen LogP contribution in [0.2, 0.25) is 0 Å². The van der Waals surface area contributed by atoms with Crippen LogP contribution in [0.15, 0.2) is 36.5 Å². The summed E-state index contributed by atoms with van der Waals surface area (Å²) in [6.07, 6.45) is 2.82. The third kappa shape index (κ3) is 2.96. The zero-order valence-electron chi connectivity index (χ0n) is 15.7. The molecule has 2 aliphatic rings. The van der Waals surface area contributed by atoms with Crippen LogP contribution in [-0.4, -0.2) is 70.0 Å². The summed E-state index contributed by atoms with van der Waals surface area (Å²) in [6.45, 7) is 8.47. The minimum absolute atomic E-state index is 0.710.